The Morgan fingerprint density at radius 3 is 2.53 bits per heavy atom. The average molecular weight is 670 g/mol. The summed E-state index contributed by atoms with van der Waals surface area (Å²) in [4.78, 5) is 54.5. The zero-order valence-corrected chi connectivity index (χ0v) is 27.3. The maximum Gasteiger partial charge on any atom is 0.511 e. The lowest BCUT2D eigenvalue weighted by Gasteiger charge is -2.36. The van der Waals surface area contributed by atoms with Crippen LogP contribution in [0.5, 0.6) is 0 Å². The lowest BCUT2D eigenvalue weighted by molar-refractivity contribution is -0.123. The van der Waals surface area contributed by atoms with Gasteiger partial charge in [0, 0.05) is 66.0 Å². The van der Waals surface area contributed by atoms with E-state index in [-0.39, 0.29) is 31.1 Å². The van der Waals surface area contributed by atoms with Crippen LogP contribution in [0.3, 0.4) is 0 Å². The molecule has 2 heterocycles. The van der Waals surface area contributed by atoms with Crippen molar-refractivity contribution in [1.29, 1.82) is 0 Å². The number of carbonyl (C=O) groups excluding carboxylic acids is 4. The normalized spacial score (nSPS) is 15.6. The summed E-state index contributed by atoms with van der Waals surface area (Å²) in [6.07, 6.45) is -0.192. The number of rotatable bonds is 13. The number of H-pyrrole nitrogens is 1. The monoisotopic (exact) mass is 669 g/mol. The Bertz CT molecular complexity index is 1720. The Morgan fingerprint density at radius 1 is 1.09 bits per heavy atom. The number of carbonyl (C=O) groups is 4. The zero-order valence-electron chi connectivity index (χ0n) is 26.5. The largest absolute Gasteiger partial charge is 0.511 e. The third-order valence-electron chi connectivity index (χ3n) is 7.19. The highest BCUT2D eigenvalue weighted by atomic mass is 35.5. The SMILES string of the molecule is CCOC(=O)OC(C)OC(=O)c1cc2cc(NC(=O)[C@H](CCOC)N3C=C(OC)C(c4cc(Cl)ccc4C(C)=O)=CC3O)ccc2[nH]1. The molecule has 3 N–H and O–H groups in total. The molecule has 0 saturated heterocycles. The minimum Gasteiger partial charge on any atom is -0.495 e. The third kappa shape index (κ3) is 8.50. The minimum atomic E-state index is -1.27. The Labute approximate surface area is 276 Å². The van der Waals surface area contributed by atoms with E-state index in [0.29, 0.717) is 44.1 Å². The topological polar surface area (TPSA) is 166 Å². The molecule has 0 radical (unpaired) electrons. The number of methoxy groups -OCH3 is 2. The number of hydrogen-bond acceptors (Lipinski definition) is 11. The predicted octanol–water partition coefficient (Wildman–Crippen LogP) is 5.25. The fraction of sp³-hybridized carbons (Fsp3) is 0.333. The number of nitrogens with one attached hydrogen (secondary N) is 2. The molecule has 0 spiro atoms. The second-order valence-corrected chi connectivity index (χ2v) is 10.9. The van der Waals surface area contributed by atoms with Crippen molar-refractivity contribution >= 4 is 57.6 Å². The third-order valence-corrected chi connectivity index (χ3v) is 7.42. The van der Waals surface area contributed by atoms with Gasteiger partial charge in [-0.25, -0.2) is 9.59 Å². The number of halogens is 1. The van der Waals surface area contributed by atoms with Crippen LogP contribution in [0.15, 0.2) is 60.5 Å². The van der Waals surface area contributed by atoms with E-state index in [0.717, 1.165) is 0 Å². The Kier molecular flexibility index (Phi) is 11.6. The number of fused-ring (bicyclic) bond motifs is 1. The first kappa shape index (κ1) is 35.0. The fourth-order valence-corrected chi connectivity index (χ4v) is 5.19. The van der Waals surface area contributed by atoms with Gasteiger partial charge in [0.05, 0.1) is 13.7 Å². The molecule has 1 aromatic heterocycles. The number of anilines is 1. The van der Waals surface area contributed by atoms with Gasteiger partial charge >= 0.3 is 12.1 Å². The molecule has 1 amide bonds. The maximum absolute atomic E-state index is 13.7. The molecule has 13 nitrogen and oxygen atoms in total. The molecule has 14 heteroatoms. The van der Waals surface area contributed by atoms with Gasteiger partial charge in [-0.15, -0.1) is 0 Å². The Morgan fingerprint density at radius 2 is 1.85 bits per heavy atom. The first-order valence-electron chi connectivity index (χ1n) is 14.7. The van der Waals surface area contributed by atoms with Gasteiger partial charge in [0.1, 0.15) is 23.7 Å². The molecule has 0 saturated carbocycles. The number of aromatic nitrogens is 1. The van der Waals surface area contributed by atoms with Crippen LogP contribution >= 0.6 is 11.6 Å². The van der Waals surface area contributed by atoms with Crippen LogP contribution in [0.4, 0.5) is 10.5 Å². The van der Waals surface area contributed by atoms with Gasteiger partial charge in [-0.05, 0) is 68.0 Å². The molecule has 2 aromatic carbocycles. The number of benzene rings is 2. The van der Waals surface area contributed by atoms with Gasteiger partial charge in [0.25, 0.3) is 0 Å². The lowest BCUT2D eigenvalue weighted by Crippen LogP contribution is -2.47. The number of ether oxygens (including phenoxy) is 5. The number of aliphatic hydroxyl groups excluding tert-OH is 1. The predicted molar refractivity (Wildman–Crippen MR) is 173 cm³/mol. The van der Waals surface area contributed by atoms with E-state index in [1.807, 2.05) is 0 Å². The number of allylic oxidation sites excluding steroid dienone is 1. The number of aliphatic hydroxyl groups is 1. The summed E-state index contributed by atoms with van der Waals surface area (Å²) in [7, 11) is 2.95. The van der Waals surface area contributed by atoms with E-state index < -0.39 is 36.6 Å². The van der Waals surface area contributed by atoms with Crippen LogP contribution < -0.4 is 5.32 Å². The Hall–Kier alpha value is -4.85. The van der Waals surface area contributed by atoms with Crippen molar-refractivity contribution in [3.63, 3.8) is 0 Å². The highest BCUT2D eigenvalue weighted by molar-refractivity contribution is 6.31. The molecular formula is C33H36ClN3O10. The first-order valence-corrected chi connectivity index (χ1v) is 15.0. The summed E-state index contributed by atoms with van der Waals surface area (Å²) in [5.74, 6) is -1.09. The van der Waals surface area contributed by atoms with E-state index in [4.69, 9.17) is 30.5 Å². The van der Waals surface area contributed by atoms with Gasteiger partial charge in [-0.1, -0.05) is 11.6 Å². The highest BCUT2D eigenvalue weighted by Crippen LogP contribution is 2.34. The van der Waals surface area contributed by atoms with E-state index in [1.165, 1.54) is 51.3 Å². The van der Waals surface area contributed by atoms with Gasteiger partial charge in [0.2, 0.25) is 12.2 Å². The lowest BCUT2D eigenvalue weighted by atomic mass is 9.93. The molecule has 0 bridgehead atoms. The van der Waals surface area contributed by atoms with E-state index in [2.05, 4.69) is 15.0 Å². The van der Waals surface area contributed by atoms with Crippen molar-refractivity contribution < 1.29 is 48.0 Å². The number of ketones is 1. The molecule has 3 aromatic rings. The summed E-state index contributed by atoms with van der Waals surface area (Å²) < 4.78 is 25.6. The molecule has 1 aliphatic rings. The number of hydrogen-bond donors (Lipinski definition) is 3. The number of Topliss-reactive ketones (excluding diaryl/α,β-unsaturated/α-hetero) is 1. The molecule has 0 fully saturated rings. The molecule has 250 valence electrons. The maximum atomic E-state index is 13.7. The molecule has 47 heavy (non-hydrogen) atoms. The highest BCUT2D eigenvalue weighted by Gasteiger charge is 2.33. The van der Waals surface area contributed by atoms with E-state index in [1.54, 1.807) is 43.3 Å². The minimum absolute atomic E-state index is 0.102. The molecule has 2 unspecified atom stereocenters. The molecule has 0 aliphatic carbocycles. The summed E-state index contributed by atoms with van der Waals surface area (Å²) in [5.41, 5.74) is 2.44. The van der Waals surface area contributed by atoms with E-state index >= 15 is 0 Å². The molecule has 3 atom stereocenters. The molecular weight excluding hydrogens is 634 g/mol. The van der Waals surface area contributed by atoms with Crippen molar-refractivity contribution in [2.75, 3.05) is 32.8 Å². The van der Waals surface area contributed by atoms with Crippen molar-refractivity contribution in [1.82, 2.24) is 9.88 Å². The summed E-state index contributed by atoms with van der Waals surface area (Å²) in [6.45, 7) is 4.75. The number of nitrogens with zero attached hydrogens (tertiary/aromatic N) is 1. The quantitative estimate of drug-likeness (QED) is 0.124. The van der Waals surface area contributed by atoms with Crippen molar-refractivity contribution in [2.45, 2.75) is 45.8 Å². The number of aromatic amines is 1. The smallest absolute Gasteiger partial charge is 0.495 e. The van der Waals surface area contributed by atoms with Crippen molar-refractivity contribution in [3.05, 3.63) is 82.3 Å². The summed E-state index contributed by atoms with van der Waals surface area (Å²) >= 11 is 6.24. The second kappa shape index (κ2) is 15.6. The van der Waals surface area contributed by atoms with Crippen LogP contribution in [0, 0.1) is 0 Å². The standard InChI is InChI=1S/C33H36ClN3O10/c1-6-45-33(42)47-19(3)46-32(41)27-14-20-13-22(8-10-26(20)36-27)35-31(40)28(11-12-43-4)37-17-29(44-5)25(16-30(37)39)24-15-21(34)7-9-23(24)18(2)38/h7-10,13-17,19,28,30,36,39H,6,11-12H2,1-5H3,(H,35,40)/t19?,28-,30?/m0/s1. The van der Waals surface area contributed by atoms with E-state index in [9.17, 15) is 24.3 Å². The van der Waals surface area contributed by atoms with Gasteiger partial charge in [-0.2, -0.15) is 0 Å². The fourth-order valence-electron chi connectivity index (χ4n) is 5.02. The molecule has 1 aliphatic heterocycles. The van der Waals surface area contributed by atoms with Crippen LogP contribution in [-0.2, 0) is 28.5 Å². The van der Waals surface area contributed by atoms with Crippen LogP contribution in [0.2, 0.25) is 5.02 Å². The molecule has 4 rings (SSSR count). The van der Waals surface area contributed by atoms with Crippen LogP contribution in [-0.4, -0.2) is 84.8 Å². The van der Waals surface area contributed by atoms with Gasteiger partial charge in [-0.3, -0.25) is 9.59 Å². The first-order chi connectivity index (χ1) is 22.4. The summed E-state index contributed by atoms with van der Waals surface area (Å²) in [6, 6.07) is 10.4. The van der Waals surface area contributed by atoms with Crippen LogP contribution in [0.1, 0.15) is 53.6 Å². The van der Waals surface area contributed by atoms with Crippen molar-refractivity contribution in [3.8, 4) is 0 Å². The Balaban J connectivity index is 1.54. The van der Waals surface area contributed by atoms with Crippen molar-refractivity contribution in [2.24, 2.45) is 0 Å². The summed E-state index contributed by atoms with van der Waals surface area (Å²) in [5, 5.41) is 15.1. The average Bonchev–Trinajstić information content (AvgIpc) is 3.45. The second-order valence-electron chi connectivity index (χ2n) is 10.4. The zero-order chi connectivity index (χ0) is 34.2. The number of amides is 1. The van der Waals surface area contributed by atoms with Gasteiger partial charge < -0.3 is 44.0 Å². The number of esters is 1. The van der Waals surface area contributed by atoms with Gasteiger partial charge in [0.15, 0.2) is 5.78 Å². The van der Waals surface area contributed by atoms with Crippen LogP contribution in [0.25, 0.3) is 16.5 Å².